The summed E-state index contributed by atoms with van der Waals surface area (Å²) in [5.41, 5.74) is 6.58. The minimum atomic E-state index is -1.12. The first-order chi connectivity index (χ1) is 21.5. The van der Waals surface area contributed by atoms with Gasteiger partial charge in [0.15, 0.2) is 0 Å². The highest BCUT2D eigenvalue weighted by Gasteiger charge is 2.32. The highest BCUT2D eigenvalue weighted by atomic mass is 16.6. The summed E-state index contributed by atoms with van der Waals surface area (Å²) in [6.45, 7) is 12.9. The molecule has 5 atom stereocenters. The molecule has 0 radical (unpaired) electrons. The first-order valence-corrected chi connectivity index (χ1v) is 15.9. The molecule has 0 saturated heterocycles. The molecule has 0 spiro atoms. The van der Waals surface area contributed by atoms with Crippen molar-refractivity contribution in [3.8, 4) is 0 Å². The number of aliphatic hydroxyl groups is 1. The standard InChI is InChI=1S/C33H53N7O6/c1-20(2)13-24(34)29(42)36-18-28(41)25(14-21(3)4)38-31(44)27(16-23-17-35-19-37-23)39-30(43)26(15-22-11-9-8-10-12-22)40-32(45)46-33(5,6)7/h8-12,17,19-21,24-28,41H,13-16,18,34H2,1-7H3,(H,35,37)(H,36,42)(H,38,44)(H,39,43)(H,40,45)/t24-,25-,26-,27-,28?/m0/s1. The SMILES string of the molecule is CC(C)C[C@H](NC(=O)[C@H](Cc1cnc[nH]1)NC(=O)[C@H](Cc1ccccc1)NC(=O)OC(C)(C)C)C(O)CNC(=O)[C@@H](N)CC(C)C. The Labute approximate surface area is 272 Å². The molecule has 13 heteroatoms. The lowest BCUT2D eigenvalue weighted by Crippen LogP contribution is -2.58. The van der Waals surface area contributed by atoms with E-state index in [0.29, 0.717) is 18.5 Å². The van der Waals surface area contributed by atoms with Gasteiger partial charge in [0.05, 0.1) is 24.5 Å². The fourth-order valence-corrected chi connectivity index (χ4v) is 4.80. The number of nitrogens with two attached hydrogens (primary N) is 1. The highest BCUT2D eigenvalue weighted by Crippen LogP contribution is 2.12. The number of alkyl carbamates (subject to hydrolysis) is 1. The van der Waals surface area contributed by atoms with E-state index in [0.717, 1.165) is 5.56 Å². The zero-order valence-corrected chi connectivity index (χ0v) is 28.1. The van der Waals surface area contributed by atoms with Crippen LogP contribution in [0, 0.1) is 11.8 Å². The van der Waals surface area contributed by atoms with E-state index in [2.05, 4.69) is 31.2 Å². The number of hydrogen-bond acceptors (Lipinski definition) is 8. The van der Waals surface area contributed by atoms with E-state index >= 15 is 0 Å². The second-order valence-corrected chi connectivity index (χ2v) is 13.5. The lowest BCUT2D eigenvalue weighted by Gasteiger charge is -2.29. The smallest absolute Gasteiger partial charge is 0.408 e. The number of carbonyl (C=O) groups is 4. The Morgan fingerprint density at radius 2 is 1.50 bits per heavy atom. The van der Waals surface area contributed by atoms with Crippen LogP contribution in [0.1, 0.15) is 72.6 Å². The molecule has 1 aromatic heterocycles. The predicted octanol–water partition coefficient (Wildman–Crippen LogP) is 1.95. The number of aromatic amines is 1. The van der Waals surface area contributed by atoms with Gasteiger partial charge in [-0.2, -0.15) is 0 Å². The number of benzene rings is 1. The van der Waals surface area contributed by atoms with Gasteiger partial charge >= 0.3 is 6.09 Å². The van der Waals surface area contributed by atoms with Gasteiger partial charge in [-0.15, -0.1) is 0 Å². The first kappa shape index (κ1) is 38.2. The Kier molecular flexibility index (Phi) is 15.2. The number of amides is 4. The predicted molar refractivity (Wildman–Crippen MR) is 175 cm³/mol. The maximum absolute atomic E-state index is 13.8. The largest absolute Gasteiger partial charge is 0.444 e. The van der Waals surface area contributed by atoms with Crippen LogP contribution in [-0.2, 0) is 32.0 Å². The zero-order chi connectivity index (χ0) is 34.4. The van der Waals surface area contributed by atoms with E-state index in [-0.39, 0.29) is 37.1 Å². The van der Waals surface area contributed by atoms with Crippen molar-refractivity contribution >= 4 is 23.8 Å². The van der Waals surface area contributed by atoms with Crippen LogP contribution in [0.3, 0.4) is 0 Å². The van der Waals surface area contributed by atoms with Gasteiger partial charge in [-0.25, -0.2) is 9.78 Å². The molecule has 256 valence electrons. The number of ether oxygens (including phenoxy) is 1. The van der Waals surface area contributed by atoms with Gasteiger partial charge in [-0.05, 0) is 51.0 Å². The summed E-state index contributed by atoms with van der Waals surface area (Å²) in [5.74, 6) is -1.21. The maximum atomic E-state index is 13.8. The maximum Gasteiger partial charge on any atom is 0.408 e. The molecule has 1 unspecified atom stereocenters. The van der Waals surface area contributed by atoms with Crippen LogP contribution in [0.15, 0.2) is 42.9 Å². The third kappa shape index (κ3) is 14.4. The van der Waals surface area contributed by atoms with E-state index in [9.17, 15) is 24.3 Å². The summed E-state index contributed by atoms with van der Waals surface area (Å²) in [7, 11) is 0. The number of carbonyl (C=O) groups excluding carboxylic acids is 4. The quantitative estimate of drug-likeness (QED) is 0.136. The molecule has 0 bridgehead atoms. The van der Waals surface area contributed by atoms with Gasteiger partial charge in [0, 0.05) is 31.3 Å². The van der Waals surface area contributed by atoms with Crippen molar-refractivity contribution in [1.82, 2.24) is 31.2 Å². The van der Waals surface area contributed by atoms with Gasteiger partial charge in [-0.1, -0.05) is 58.0 Å². The molecule has 0 aliphatic rings. The molecule has 0 fully saturated rings. The summed E-state index contributed by atoms with van der Waals surface area (Å²) >= 11 is 0. The fraction of sp³-hybridized carbons (Fsp3) is 0.606. The van der Waals surface area contributed by atoms with Crippen molar-refractivity contribution in [2.75, 3.05) is 6.54 Å². The molecule has 8 N–H and O–H groups in total. The fourth-order valence-electron chi connectivity index (χ4n) is 4.80. The highest BCUT2D eigenvalue weighted by molar-refractivity contribution is 5.91. The van der Waals surface area contributed by atoms with E-state index in [1.54, 1.807) is 27.0 Å². The van der Waals surface area contributed by atoms with Crippen molar-refractivity contribution in [2.24, 2.45) is 17.6 Å². The molecule has 46 heavy (non-hydrogen) atoms. The minimum absolute atomic E-state index is 0.0629. The van der Waals surface area contributed by atoms with Crippen LogP contribution >= 0.6 is 0 Å². The Bertz CT molecular complexity index is 1230. The van der Waals surface area contributed by atoms with Crippen LogP contribution in [0.4, 0.5) is 4.79 Å². The van der Waals surface area contributed by atoms with E-state index in [1.807, 2.05) is 58.0 Å². The molecule has 0 aliphatic carbocycles. The summed E-state index contributed by atoms with van der Waals surface area (Å²) in [5, 5.41) is 22.0. The zero-order valence-electron chi connectivity index (χ0n) is 28.1. The van der Waals surface area contributed by atoms with Gasteiger partial charge in [0.2, 0.25) is 17.7 Å². The average molecular weight is 644 g/mol. The lowest BCUT2D eigenvalue weighted by atomic mass is 9.97. The van der Waals surface area contributed by atoms with Crippen LogP contribution < -0.4 is 27.0 Å². The summed E-state index contributed by atoms with van der Waals surface area (Å²) in [6, 6.07) is 5.56. The second-order valence-electron chi connectivity index (χ2n) is 13.5. The molecule has 13 nitrogen and oxygen atoms in total. The van der Waals surface area contributed by atoms with Gasteiger partial charge in [0.25, 0.3) is 0 Å². The Hall–Kier alpha value is -3.97. The molecular weight excluding hydrogens is 590 g/mol. The average Bonchev–Trinajstić information content (AvgIpc) is 3.46. The molecule has 2 rings (SSSR count). The molecule has 0 saturated carbocycles. The van der Waals surface area contributed by atoms with Crippen LogP contribution in [0.2, 0.25) is 0 Å². The number of nitrogens with one attached hydrogen (secondary N) is 5. The van der Waals surface area contributed by atoms with Crippen LogP contribution in [0.5, 0.6) is 0 Å². The minimum Gasteiger partial charge on any atom is -0.444 e. The number of rotatable bonds is 17. The van der Waals surface area contributed by atoms with E-state index < -0.39 is 53.8 Å². The first-order valence-electron chi connectivity index (χ1n) is 15.9. The molecule has 1 aromatic carbocycles. The van der Waals surface area contributed by atoms with E-state index in [4.69, 9.17) is 10.5 Å². The summed E-state index contributed by atoms with van der Waals surface area (Å²) < 4.78 is 5.39. The normalized spacial score (nSPS) is 14.9. The van der Waals surface area contributed by atoms with Crippen molar-refractivity contribution in [3.63, 3.8) is 0 Å². The molecular formula is C33H53N7O6. The monoisotopic (exact) mass is 643 g/mol. The third-order valence-electron chi connectivity index (χ3n) is 6.97. The van der Waals surface area contributed by atoms with Gasteiger partial charge in [-0.3, -0.25) is 14.4 Å². The van der Waals surface area contributed by atoms with Crippen molar-refractivity contribution in [2.45, 2.75) is 110 Å². The topological polar surface area (TPSA) is 201 Å². The van der Waals surface area contributed by atoms with Crippen molar-refractivity contribution < 1.29 is 29.0 Å². The van der Waals surface area contributed by atoms with Gasteiger partial charge < -0.3 is 41.8 Å². The van der Waals surface area contributed by atoms with Crippen molar-refractivity contribution in [3.05, 3.63) is 54.1 Å². The number of H-pyrrole nitrogens is 1. The molecule has 4 amide bonds. The summed E-state index contributed by atoms with van der Waals surface area (Å²) in [4.78, 5) is 59.6. The molecule has 2 aromatic rings. The van der Waals surface area contributed by atoms with Crippen LogP contribution in [-0.4, -0.2) is 81.3 Å². The number of hydrogen-bond donors (Lipinski definition) is 7. The number of imidazole rings is 1. The lowest BCUT2D eigenvalue weighted by molar-refractivity contribution is -0.131. The van der Waals surface area contributed by atoms with Crippen molar-refractivity contribution in [1.29, 1.82) is 0 Å². The van der Waals surface area contributed by atoms with E-state index in [1.165, 1.54) is 6.33 Å². The number of aromatic nitrogens is 2. The molecule has 1 heterocycles. The Balaban J connectivity index is 2.25. The molecule has 0 aliphatic heterocycles. The Morgan fingerprint density at radius 1 is 0.891 bits per heavy atom. The van der Waals surface area contributed by atoms with Gasteiger partial charge in [0.1, 0.15) is 17.7 Å². The Morgan fingerprint density at radius 3 is 2.07 bits per heavy atom. The number of nitrogens with zero attached hydrogens (tertiary/aromatic N) is 1. The third-order valence-corrected chi connectivity index (χ3v) is 6.97. The summed E-state index contributed by atoms with van der Waals surface area (Å²) in [6.07, 6.45) is 2.23. The van der Waals surface area contributed by atoms with Crippen LogP contribution in [0.25, 0.3) is 0 Å². The second kappa shape index (κ2) is 18.2. The number of aliphatic hydroxyl groups excluding tert-OH is 1.